The van der Waals surface area contributed by atoms with E-state index in [1.807, 2.05) is 6.92 Å². The minimum absolute atomic E-state index is 0.0983. The van der Waals surface area contributed by atoms with E-state index in [1.165, 1.54) is 6.20 Å². The highest BCUT2D eigenvalue weighted by Gasteiger charge is 2.21. The molecule has 2 aromatic rings. The van der Waals surface area contributed by atoms with Gasteiger partial charge in [0.15, 0.2) is 17.5 Å². The second-order valence-electron chi connectivity index (χ2n) is 4.38. The Labute approximate surface area is 119 Å². The van der Waals surface area contributed by atoms with Crippen LogP contribution >= 0.6 is 11.6 Å². The largest absolute Gasteiger partial charge is 0.319 e. The molecule has 108 valence electrons. The first kappa shape index (κ1) is 14.9. The molecule has 0 spiro atoms. The Morgan fingerprint density at radius 2 is 1.90 bits per heavy atom. The second-order valence-corrected chi connectivity index (χ2v) is 4.78. The third kappa shape index (κ3) is 2.66. The molecule has 0 bridgehead atoms. The monoisotopic (exact) mass is 303 g/mol. The van der Waals surface area contributed by atoms with Crippen molar-refractivity contribution in [3.63, 3.8) is 0 Å². The van der Waals surface area contributed by atoms with Crippen LogP contribution in [0.5, 0.6) is 0 Å². The van der Waals surface area contributed by atoms with Gasteiger partial charge in [-0.3, -0.25) is 4.68 Å². The van der Waals surface area contributed by atoms with Crippen LogP contribution in [0.25, 0.3) is 0 Å². The molecular formula is C13H13ClF3N3. The summed E-state index contributed by atoms with van der Waals surface area (Å²) < 4.78 is 41.1. The molecule has 0 radical (unpaired) electrons. The molecule has 7 heteroatoms. The second kappa shape index (κ2) is 5.85. The van der Waals surface area contributed by atoms with Crippen molar-refractivity contribution >= 4 is 11.6 Å². The van der Waals surface area contributed by atoms with E-state index in [9.17, 15) is 13.2 Å². The number of hydrogen-bond donors (Lipinski definition) is 1. The maximum Gasteiger partial charge on any atom is 0.194 e. The van der Waals surface area contributed by atoms with E-state index in [0.29, 0.717) is 17.3 Å². The van der Waals surface area contributed by atoms with Crippen LogP contribution in [0, 0.1) is 17.5 Å². The van der Waals surface area contributed by atoms with Crippen molar-refractivity contribution in [1.82, 2.24) is 9.78 Å². The average Bonchev–Trinajstić information content (AvgIpc) is 2.76. The lowest BCUT2D eigenvalue weighted by Gasteiger charge is -2.15. The van der Waals surface area contributed by atoms with Crippen LogP contribution in [0.1, 0.15) is 30.6 Å². The summed E-state index contributed by atoms with van der Waals surface area (Å²) in [6, 6.07) is 0.840. The van der Waals surface area contributed by atoms with Gasteiger partial charge in [0.25, 0.3) is 0 Å². The number of halogens is 4. The topological polar surface area (TPSA) is 43.8 Å². The Bertz CT molecular complexity index is 604. The SMILES string of the molecule is CCCn1ncc(Cl)c1C(N)c1cc(F)c(F)c(F)c1. The third-order valence-electron chi connectivity index (χ3n) is 2.93. The fourth-order valence-electron chi connectivity index (χ4n) is 1.98. The average molecular weight is 304 g/mol. The maximum atomic E-state index is 13.3. The fraction of sp³-hybridized carbons (Fsp3) is 0.308. The summed E-state index contributed by atoms with van der Waals surface area (Å²) in [5.41, 5.74) is 6.52. The quantitative estimate of drug-likeness (QED) is 0.880. The van der Waals surface area contributed by atoms with E-state index >= 15 is 0 Å². The van der Waals surface area contributed by atoms with Crippen molar-refractivity contribution in [3.05, 3.63) is 52.1 Å². The predicted octanol–water partition coefficient (Wildman–Crippen LogP) is 3.41. The Morgan fingerprint density at radius 1 is 1.30 bits per heavy atom. The van der Waals surface area contributed by atoms with E-state index < -0.39 is 23.5 Å². The van der Waals surface area contributed by atoms with Crippen molar-refractivity contribution in [3.8, 4) is 0 Å². The normalized spacial score (nSPS) is 12.7. The van der Waals surface area contributed by atoms with E-state index in [1.54, 1.807) is 4.68 Å². The molecule has 3 nitrogen and oxygen atoms in total. The molecule has 0 saturated heterocycles. The summed E-state index contributed by atoms with van der Waals surface area (Å²) >= 11 is 6.01. The van der Waals surface area contributed by atoms with Gasteiger partial charge in [0, 0.05) is 6.54 Å². The lowest BCUT2D eigenvalue weighted by Crippen LogP contribution is -2.18. The van der Waals surface area contributed by atoms with Gasteiger partial charge in [0.1, 0.15) is 0 Å². The fourth-order valence-corrected chi connectivity index (χ4v) is 2.24. The van der Waals surface area contributed by atoms with Gasteiger partial charge in [-0.05, 0) is 24.1 Å². The van der Waals surface area contributed by atoms with Crippen LogP contribution < -0.4 is 5.73 Å². The van der Waals surface area contributed by atoms with Gasteiger partial charge in [0.2, 0.25) is 0 Å². The number of nitrogens with zero attached hydrogens (tertiary/aromatic N) is 2. The number of hydrogen-bond acceptors (Lipinski definition) is 2. The zero-order valence-corrected chi connectivity index (χ0v) is 11.5. The number of aryl methyl sites for hydroxylation is 1. The number of aromatic nitrogens is 2. The maximum absolute atomic E-state index is 13.3. The molecule has 1 aromatic heterocycles. The smallest absolute Gasteiger partial charge is 0.194 e. The molecule has 0 fully saturated rings. The molecular weight excluding hydrogens is 291 g/mol. The van der Waals surface area contributed by atoms with Gasteiger partial charge in [0.05, 0.1) is 23.0 Å². The number of nitrogens with two attached hydrogens (primary N) is 1. The van der Waals surface area contributed by atoms with Crippen molar-refractivity contribution in [2.24, 2.45) is 5.73 Å². The van der Waals surface area contributed by atoms with Crippen molar-refractivity contribution in [2.75, 3.05) is 0 Å². The lowest BCUT2D eigenvalue weighted by atomic mass is 10.0. The first-order valence-electron chi connectivity index (χ1n) is 6.07. The third-order valence-corrected chi connectivity index (χ3v) is 3.22. The first-order chi connectivity index (χ1) is 9.45. The summed E-state index contributed by atoms with van der Waals surface area (Å²) in [5, 5.41) is 4.36. The van der Waals surface area contributed by atoms with E-state index in [-0.39, 0.29) is 5.56 Å². The summed E-state index contributed by atoms with van der Waals surface area (Å²) in [6.45, 7) is 2.52. The highest BCUT2D eigenvalue weighted by molar-refractivity contribution is 6.31. The van der Waals surface area contributed by atoms with Gasteiger partial charge in [-0.2, -0.15) is 5.10 Å². The molecule has 2 rings (SSSR count). The summed E-state index contributed by atoms with van der Waals surface area (Å²) in [7, 11) is 0. The van der Waals surface area contributed by atoms with E-state index in [4.69, 9.17) is 17.3 Å². The summed E-state index contributed by atoms with van der Waals surface area (Å²) in [4.78, 5) is 0. The molecule has 1 heterocycles. The van der Waals surface area contributed by atoms with Gasteiger partial charge < -0.3 is 5.73 Å². The minimum atomic E-state index is -1.52. The molecule has 0 aliphatic rings. The van der Waals surface area contributed by atoms with E-state index in [0.717, 1.165) is 18.6 Å². The van der Waals surface area contributed by atoms with Crippen LogP contribution in [0.4, 0.5) is 13.2 Å². The molecule has 1 aromatic carbocycles. The van der Waals surface area contributed by atoms with Gasteiger partial charge >= 0.3 is 0 Å². The summed E-state index contributed by atoms with van der Waals surface area (Å²) in [6.07, 6.45) is 2.21. The molecule has 2 N–H and O–H groups in total. The first-order valence-corrected chi connectivity index (χ1v) is 6.44. The highest BCUT2D eigenvalue weighted by Crippen LogP contribution is 2.28. The molecule has 0 aliphatic heterocycles. The predicted molar refractivity (Wildman–Crippen MR) is 69.9 cm³/mol. The molecule has 1 atom stereocenters. The number of benzene rings is 1. The van der Waals surface area contributed by atoms with Crippen LogP contribution in [0.3, 0.4) is 0 Å². The molecule has 0 amide bonds. The lowest BCUT2D eigenvalue weighted by molar-refractivity contribution is 0.443. The molecule has 1 unspecified atom stereocenters. The zero-order valence-electron chi connectivity index (χ0n) is 10.7. The van der Waals surface area contributed by atoms with Crippen LogP contribution in [0.15, 0.2) is 18.3 Å². The standard InChI is InChI=1S/C13H13ClF3N3/c1-2-3-20-13(8(14)6-19-20)12(18)7-4-9(15)11(17)10(16)5-7/h4-6,12H,2-3,18H2,1H3. The Hall–Kier alpha value is -1.53. The molecule has 0 aliphatic carbocycles. The van der Waals surface area contributed by atoms with Crippen molar-refractivity contribution in [2.45, 2.75) is 25.9 Å². The Kier molecular flexibility index (Phi) is 4.35. The Morgan fingerprint density at radius 3 is 2.45 bits per heavy atom. The van der Waals surface area contributed by atoms with Crippen molar-refractivity contribution < 1.29 is 13.2 Å². The van der Waals surface area contributed by atoms with Crippen LogP contribution in [-0.2, 0) is 6.54 Å². The molecule has 20 heavy (non-hydrogen) atoms. The Balaban J connectivity index is 2.46. The summed E-state index contributed by atoms with van der Waals surface area (Å²) in [5.74, 6) is -4.09. The number of rotatable bonds is 4. The van der Waals surface area contributed by atoms with Gasteiger partial charge in [-0.1, -0.05) is 18.5 Å². The van der Waals surface area contributed by atoms with Crippen molar-refractivity contribution in [1.29, 1.82) is 0 Å². The van der Waals surface area contributed by atoms with Crippen LogP contribution in [-0.4, -0.2) is 9.78 Å². The highest BCUT2D eigenvalue weighted by atomic mass is 35.5. The van der Waals surface area contributed by atoms with Gasteiger partial charge in [-0.25, -0.2) is 13.2 Å². The van der Waals surface area contributed by atoms with Gasteiger partial charge in [-0.15, -0.1) is 0 Å². The minimum Gasteiger partial charge on any atom is -0.319 e. The molecule has 0 saturated carbocycles. The zero-order chi connectivity index (χ0) is 14.9. The van der Waals surface area contributed by atoms with E-state index in [2.05, 4.69) is 5.10 Å². The van der Waals surface area contributed by atoms with Crippen LogP contribution in [0.2, 0.25) is 5.02 Å².